The van der Waals surface area contributed by atoms with E-state index in [4.69, 9.17) is 0 Å². The monoisotopic (exact) mass is 247 g/mol. The Morgan fingerprint density at radius 2 is 1.72 bits per heavy atom. The number of hydrogen-bond acceptors (Lipinski definition) is 1. The Kier molecular flexibility index (Phi) is 4.61. The molecule has 0 saturated carbocycles. The summed E-state index contributed by atoms with van der Waals surface area (Å²) in [6.07, 6.45) is 2.62. The lowest BCUT2D eigenvalue weighted by molar-refractivity contribution is 0.0684. The van der Waals surface area contributed by atoms with E-state index in [0.717, 1.165) is 0 Å². The average molecular weight is 247 g/mol. The third-order valence-corrected chi connectivity index (χ3v) is 4.12. The highest BCUT2D eigenvalue weighted by molar-refractivity contribution is 5.25. The molecule has 0 aromatic heterocycles. The van der Waals surface area contributed by atoms with Crippen LogP contribution in [0.4, 0.5) is 0 Å². The number of piperidine rings is 1. The van der Waals surface area contributed by atoms with Gasteiger partial charge < -0.3 is 0 Å². The summed E-state index contributed by atoms with van der Waals surface area (Å²) in [6.45, 7) is 11.8. The quantitative estimate of drug-likeness (QED) is 0.707. The minimum Gasteiger partial charge on any atom is -0.298 e. The summed E-state index contributed by atoms with van der Waals surface area (Å²) < 4.78 is 0. The highest BCUT2D eigenvalue weighted by Gasteiger charge is 2.36. The molecule has 102 valence electrons. The highest BCUT2D eigenvalue weighted by Crippen LogP contribution is 2.35. The van der Waals surface area contributed by atoms with Crippen LogP contribution in [-0.4, -0.2) is 23.5 Å². The van der Waals surface area contributed by atoms with Crippen LogP contribution in [0.1, 0.15) is 53.5 Å². The molecule has 2 rings (SSSR count). The van der Waals surface area contributed by atoms with Gasteiger partial charge in [-0.25, -0.2) is 0 Å². The first-order valence-corrected chi connectivity index (χ1v) is 6.72. The third kappa shape index (κ3) is 3.14. The largest absolute Gasteiger partial charge is 0.298 e. The molecule has 1 unspecified atom stereocenters. The van der Waals surface area contributed by atoms with Gasteiger partial charge in [0.15, 0.2) is 0 Å². The Morgan fingerprint density at radius 3 is 2.28 bits per heavy atom. The molecular weight excluding hydrogens is 218 g/mol. The zero-order chi connectivity index (χ0) is 12.5. The number of rotatable bonds is 1. The molecule has 1 heterocycles. The first kappa shape index (κ1) is 15.2. The topological polar surface area (TPSA) is 3.24 Å². The minimum atomic E-state index is 0. The standard InChI is InChI=1S/C16H25N.CH4/c1-15(2,3)17-12-8-11-16(4,13-17)14-9-6-5-7-10-14;/h5-7,9-10H,8,11-13H2,1-4H3;1H4. The van der Waals surface area contributed by atoms with E-state index in [0.29, 0.717) is 5.41 Å². The molecule has 1 saturated heterocycles. The molecular formula is C17H29N. The SMILES string of the molecule is C.CC1(c2ccccc2)CCCN(C(C)(C)C)C1. The van der Waals surface area contributed by atoms with Gasteiger partial charge in [0.05, 0.1) is 0 Å². The number of likely N-dealkylation sites (tertiary alicyclic amines) is 1. The van der Waals surface area contributed by atoms with Gasteiger partial charge in [0.2, 0.25) is 0 Å². The summed E-state index contributed by atoms with van der Waals surface area (Å²) >= 11 is 0. The van der Waals surface area contributed by atoms with Crippen LogP contribution < -0.4 is 0 Å². The van der Waals surface area contributed by atoms with Crippen LogP contribution in [0.15, 0.2) is 30.3 Å². The molecule has 0 amide bonds. The molecule has 0 aliphatic carbocycles. The minimum absolute atomic E-state index is 0. The van der Waals surface area contributed by atoms with Crippen molar-refractivity contribution in [1.82, 2.24) is 4.90 Å². The van der Waals surface area contributed by atoms with Crippen LogP contribution in [-0.2, 0) is 5.41 Å². The molecule has 0 N–H and O–H groups in total. The molecule has 0 radical (unpaired) electrons. The van der Waals surface area contributed by atoms with E-state index < -0.39 is 0 Å². The summed E-state index contributed by atoms with van der Waals surface area (Å²) in [5.74, 6) is 0. The normalized spacial score (nSPS) is 25.6. The van der Waals surface area contributed by atoms with Crippen LogP contribution in [0.25, 0.3) is 0 Å². The van der Waals surface area contributed by atoms with Crippen molar-refractivity contribution in [1.29, 1.82) is 0 Å². The van der Waals surface area contributed by atoms with Crippen molar-refractivity contribution < 1.29 is 0 Å². The predicted octanol–water partition coefficient (Wildman–Crippen LogP) is 4.47. The molecule has 18 heavy (non-hydrogen) atoms. The van der Waals surface area contributed by atoms with Gasteiger partial charge >= 0.3 is 0 Å². The second-order valence-electron chi connectivity index (χ2n) is 6.62. The Bertz CT molecular complexity index is 363. The van der Waals surface area contributed by atoms with Crippen molar-refractivity contribution in [2.75, 3.05) is 13.1 Å². The molecule has 0 bridgehead atoms. The zero-order valence-electron chi connectivity index (χ0n) is 11.7. The zero-order valence-corrected chi connectivity index (χ0v) is 11.7. The fourth-order valence-electron chi connectivity index (χ4n) is 2.89. The predicted molar refractivity (Wildman–Crippen MR) is 81.1 cm³/mol. The molecule has 1 nitrogen and oxygen atoms in total. The van der Waals surface area contributed by atoms with Crippen molar-refractivity contribution >= 4 is 0 Å². The van der Waals surface area contributed by atoms with Crippen molar-refractivity contribution in [3.05, 3.63) is 35.9 Å². The highest BCUT2D eigenvalue weighted by atomic mass is 15.2. The second-order valence-corrected chi connectivity index (χ2v) is 6.62. The summed E-state index contributed by atoms with van der Waals surface area (Å²) in [5, 5.41) is 0. The van der Waals surface area contributed by atoms with Gasteiger partial charge in [0, 0.05) is 17.5 Å². The molecule has 1 aromatic rings. The molecule has 1 aliphatic heterocycles. The van der Waals surface area contributed by atoms with Crippen molar-refractivity contribution in [2.24, 2.45) is 0 Å². The number of nitrogens with zero attached hydrogens (tertiary/aromatic N) is 1. The summed E-state index contributed by atoms with van der Waals surface area (Å²) in [5.41, 5.74) is 2.11. The lowest BCUT2D eigenvalue weighted by atomic mass is 9.75. The Hall–Kier alpha value is -0.820. The maximum Gasteiger partial charge on any atom is 0.0125 e. The molecule has 1 aliphatic rings. The molecule has 1 aromatic carbocycles. The van der Waals surface area contributed by atoms with E-state index in [1.54, 1.807) is 0 Å². The van der Waals surface area contributed by atoms with E-state index in [2.05, 4.69) is 62.9 Å². The number of hydrogen-bond donors (Lipinski definition) is 0. The van der Waals surface area contributed by atoms with Crippen LogP contribution >= 0.6 is 0 Å². The smallest absolute Gasteiger partial charge is 0.0125 e. The van der Waals surface area contributed by atoms with Gasteiger partial charge in [-0.05, 0) is 45.7 Å². The molecule has 1 heteroatoms. The van der Waals surface area contributed by atoms with Crippen molar-refractivity contribution in [2.45, 2.75) is 58.9 Å². The van der Waals surface area contributed by atoms with E-state index in [9.17, 15) is 0 Å². The third-order valence-electron chi connectivity index (χ3n) is 4.12. The molecule has 0 spiro atoms. The lowest BCUT2D eigenvalue weighted by Gasteiger charge is -2.47. The summed E-state index contributed by atoms with van der Waals surface area (Å²) in [6, 6.07) is 11.0. The molecule has 1 fully saturated rings. The Morgan fingerprint density at radius 1 is 1.11 bits per heavy atom. The maximum absolute atomic E-state index is 2.63. The first-order valence-electron chi connectivity index (χ1n) is 6.72. The van der Waals surface area contributed by atoms with Crippen LogP contribution in [0.5, 0.6) is 0 Å². The second kappa shape index (κ2) is 5.44. The summed E-state index contributed by atoms with van der Waals surface area (Å²) in [7, 11) is 0. The van der Waals surface area contributed by atoms with Gasteiger partial charge in [-0.3, -0.25) is 4.90 Å². The van der Waals surface area contributed by atoms with Gasteiger partial charge in [-0.1, -0.05) is 44.7 Å². The first-order chi connectivity index (χ1) is 7.92. The van der Waals surface area contributed by atoms with Gasteiger partial charge in [0.1, 0.15) is 0 Å². The van der Waals surface area contributed by atoms with Crippen LogP contribution in [0.3, 0.4) is 0 Å². The maximum atomic E-state index is 2.63. The van der Waals surface area contributed by atoms with Crippen LogP contribution in [0, 0.1) is 0 Å². The van der Waals surface area contributed by atoms with E-state index in [-0.39, 0.29) is 13.0 Å². The number of benzene rings is 1. The van der Waals surface area contributed by atoms with Gasteiger partial charge in [-0.2, -0.15) is 0 Å². The molecule has 1 atom stereocenters. The van der Waals surface area contributed by atoms with Gasteiger partial charge in [-0.15, -0.1) is 0 Å². The average Bonchev–Trinajstić information content (AvgIpc) is 2.29. The fraction of sp³-hybridized carbons (Fsp3) is 0.647. The van der Waals surface area contributed by atoms with E-state index >= 15 is 0 Å². The van der Waals surface area contributed by atoms with Crippen molar-refractivity contribution in [3.8, 4) is 0 Å². The van der Waals surface area contributed by atoms with E-state index in [1.807, 2.05) is 0 Å². The Balaban J connectivity index is 0.00000162. The fourth-order valence-corrected chi connectivity index (χ4v) is 2.89. The summed E-state index contributed by atoms with van der Waals surface area (Å²) in [4.78, 5) is 2.63. The lowest BCUT2D eigenvalue weighted by Crippen LogP contribution is -2.52. The van der Waals surface area contributed by atoms with Gasteiger partial charge in [0.25, 0.3) is 0 Å². The Labute approximate surface area is 113 Å². The van der Waals surface area contributed by atoms with Crippen molar-refractivity contribution in [3.63, 3.8) is 0 Å². The van der Waals surface area contributed by atoms with E-state index in [1.165, 1.54) is 31.5 Å². The van der Waals surface area contributed by atoms with Crippen LogP contribution in [0.2, 0.25) is 0 Å².